The summed E-state index contributed by atoms with van der Waals surface area (Å²) in [6, 6.07) is 8.02. The smallest absolute Gasteiger partial charge is 0.290 e. The van der Waals surface area contributed by atoms with Gasteiger partial charge in [0, 0.05) is 37.6 Å². The van der Waals surface area contributed by atoms with Gasteiger partial charge in [0.15, 0.2) is 0 Å². The van der Waals surface area contributed by atoms with Crippen LogP contribution in [-0.2, 0) is 17.6 Å². The van der Waals surface area contributed by atoms with E-state index in [2.05, 4.69) is 16.0 Å². The summed E-state index contributed by atoms with van der Waals surface area (Å²) in [7, 11) is 0. The Morgan fingerprint density at radius 2 is 2.06 bits per heavy atom. The maximum atomic E-state index is 13.5. The summed E-state index contributed by atoms with van der Waals surface area (Å²) in [5.41, 5.74) is 4.25. The topological polar surface area (TPSA) is 108 Å². The zero-order chi connectivity index (χ0) is 23.4. The molecule has 3 heterocycles. The Labute approximate surface area is 191 Å². The Kier molecular flexibility index (Phi) is 6.72. The normalized spacial score (nSPS) is 17.1. The maximum Gasteiger partial charge on any atom is 0.290 e. The van der Waals surface area contributed by atoms with Crippen molar-refractivity contribution in [1.82, 2.24) is 19.4 Å². The zero-order valence-electron chi connectivity index (χ0n) is 18.7. The van der Waals surface area contributed by atoms with Crippen molar-refractivity contribution < 1.29 is 14.7 Å². The average molecular weight is 449 g/mol. The van der Waals surface area contributed by atoms with Crippen molar-refractivity contribution in [2.75, 3.05) is 13.1 Å². The molecule has 8 heteroatoms. The van der Waals surface area contributed by atoms with E-state index in [1.54, 1.807) is 10.8 Å². The maximum absolute atomic E-state index is 13.5. The second-order valence-corrected chi connectivity index (χ2v) is 8.49. The van der Waals surface area contributed by atoms with Crippen molar-refractivity contribution in [1.29, 1.82) is 0 Å². The second kappa shape index (κ2) is 9.85. The first-order valence-corrected chi connectivity index (χ1v) is 11.2. The third-order valence-electron chi connectivity index (χ3n) is 6.51. The molecule has 5 rings (SSSR count). The van der Waals surface area contributed by atoms with Crippen molar-refractivity contribution >= 4 is 12.4 Å². The van der Waals surface area contributed by atoms with E-state index in [1.807, 2.05) is 42.4 Å². The minimum absolute atomic E-state index is 0.171. The molecule has 33 heavy (non-hydrogen) atoms. The van der Waals surface area contributed by atoms with Gasteiger partial charge >= 0.3 is 0 Å². The van der Waals surface area contributed by atoms with Crippen LogP contribution < -0.4 is 5.56 Å². The van der Waals surface area contributed by atoms with Gasteiger partial charge in [-0.15, -0.1) is 0 Å². The van der Waals surface area contributed by atoms with Gasteiger partial charge in [-0.2, -0.15) is 0 Å². The summed E-state index contributed by atoms with van der Waals surface area (Å²) < 4.78 is 1.67. The Hall–Kier alpha value is -3.68. The number of imidazole rings is 1. The number of aromatic amines is 1. The molecule has 1 fully saturated rings. The van der Waals surface area contributed by atoms with Crippen molar-refractivity contribution in [2.24, 2.45) is 0 Å². The highest BCUT2D eigenvalue weighted by Crippen LogP contribution is 2.28. The molecule has 1 aliphatic heterocycles. The standard InChI is InChI=1S/C24H26N4O2.CH2O2/c1-16-10-14-28(20-9-3-6-17-5-2-8-19(17)20)24(30)21(16)23(29)27-13-4-7-18(15-27)22-25-11-12-26-22;2-1-3/h3,6,9-12,14,18H,2,4-5,7-8,13,15H2,1H3,(H,25,26);1H,(H,2,3). The fourth-order valence-corrected chi connectivity index (χ4v) is 4.95. The molecule has 1 saturated heterocycles. The molecule has 2 aromatic heterocycles. The number of amides is 1. The van der Waals surface area contributed by atoms with Crippen LogP contribution in [0.3, 0.4) is 0 Å². The zero-order valence-corrected chi connectivity index (χ0v) is 18.7. The summed E-state index contributed by atoms with van der Waals surface area (Å²) in [4.78, 5) is 44.7. The number of likely N-dealkylation sites (tertiary alicyclic amines) is 1. The van der Waals surface area contributed by atoms with Gasteiger partial charge in [-0.1, -0.05) is 12.1 Å². The van der Waals surface area contributed by atoms with Crippen LogP contribution in [0.15, 0.2) is 47.7 Å². The number of H-pyrrole nitrogens is 1. The molecule has 172 valence electrons. The highest BCUT2D eigenvalue weighted by molar-refractivity contribution is 5.95. The number of benzene rings is 1. The summed E-state index contributed by atoms with van der Waals surface area (Å²) in [6.45, 7) is 2.85. The van der Waals surface area contributed by atoms with Crippen LogP contribution in [0.5, 0.6) is 0 Å². The number of piperidine rings is 1. The van der Waals surface area contributed by atoms with Gasteiger partial charge in [-0.3, -0.25) is 19.0 Å². The molecule has 0 radical (unpaired) electrons. The van der Waals surface area contributed by atoms with E-state index in [-0.39, 0.29) is 29.4 Å². The first-order chi connectivity index (χ1) is 16.0. The number of nitrogens with one attached hydrogen (secondary N) is 1. The van der Waals surface area contributed by atoms with E-state index < -0.39 is 0 Å². The minimum Gasteiger partial charge on any atom is -0.483 e. The molecule has 1 amide bonds. The Morgan fingerprint density at radius 1 is 1.24 bits per heavy atom. The largest absolute Gasteiger partial charge is 0.483 e. The van der Waals surface area contributed by atoms with E-state index in [4.69, 9.17) is 9.90 Å². The van der Waals surface area contributed by atoms with Crippen LogP contribution >= 0.6 is 0 Å². The quantitative estimate of drug-likeness (QED) is 0.599. The predicted molar refractivity (Wildman–Crippen MR) is 124 cm³/mol. The Morgan fingerprint density at radius 3 is 2.82 bits per heavy atom. The molecule has 0 saturated carbocycles. The van der Waals surface area contributed by atoms with E-state index in [1.165, 1.54) is 11.1 Å². The van der Waals surface area contributed by atoms with Crippen molar-refractivity contribution in [3.8, 4) is 5.69 Å². The lowest BCUT2D eigenvalue weighted by atomic mass is 9.96. The average Bonchev–Trinajstić information content (AvgIpc) is 3.52. The number of fused-ring (bicyclic) bond motifs is 1. The number of carboxylic acid groups (broad SMARTS) is 1. The number of nitrogens with zero attached hydrogens (tertiary/aromatic N) is 3. The van der Waals surface area contributed by atoms with Crippen molar-refractivity contribution in [3.63, 3.8) is 0 Å². The monoisotopic (exact) mass is 448 g/mol. The van der Waals surface area contributed by atoms with E-state index >= 15 is 0 Å². The van der Waals surface area contributed by atoms with Gasteiger partial charge in [-0.05, 0) is 67.9 Å². The molecule has 3 aromatic rings. The van der Waals surface area contributed by atoms with Gasteiger partial charge in [0.1, 0.15) is 11.4 Å². The lowest BCUT2D eigenvalue weighted by Crippen LogP contribution is -2.42. The summed E-state index contributed by atoms with van der Waals surface area (Å²) in [6.07, 6.45) is 10.4. The summed E-state index contributed by atoms with van der Waals surface area (Å²) in [5, 5.41) is 6.89. The number of pyridine rings is 1. The lowest BCUT2D eigenvalue weighted by Gasteiger charge is -2.32. The molecule has 1 atom stereocenters. The van der Waals surface area contributed by atoms with Crippen molar-refractivity contribution in [3.05, 3.63) is 81.3 Å². The number of carbonyl (C=O) groups is 2. The molecular weight excluding hydrogens is 420 g/mol. The first kappa shape index (κ1) is 22.5. The number of aryl methyl sites for hydroxylation is 2. The Balaban J connectivity index is 0.000000821. The molecule has 1 unspecified atom stereocenters. The van der Waals surface area contributed by atoms with E-state index in [9.17, 15) is 9.59 Å². The molecule has 8 nitrogen and oxygen atoms in total. The second-order valence-electron chi connectivity index (χ2n) is 8.49. The molecule has 1 aliphatic carbocycles. The SMILES string of the molecule is Cc1ccn(-c2cccc3c2CCC3)c(=O)c1C(=O)N1CCCC(c2ncc[nH]2)C1.O=CO. The summed E-state index contributed by atoms with van der Waals surface area (Å²) >= 11 is 0. The molecule has 2 aliphatic rings. The van der Waals surface area contributed by atoms with Gasteiger partial charge < -0.3 is 15.0 Å². The Bertz CT molecular complexity index is 1200. The third kappa shape index (κ3) is 4.46. The highest BCUT2D eigenvalue weighted by Gasteiger charge is 2.29. The summed E-state index contributed by atoms with van der Waals surface area (Å²) in [5.74, 6) is 0.923. The van der Waals surface area contributed by atoms with Crippen LogP contribution in [0.2, 0.25) is 0 Å². The fourth-order valence-electron chi connectivity index (χ4n) is 4.95. The van der Waals surface area contributed by atoms with Crippen LogP contribution in [0.25, 0.3) is 5.69 Å². The number of rotatable bonds is 3. The molecule has 1 aromatic carbocycles. The van der Waals surface area contributed by atoms with Gasteiger partial charge in [0.25, 0.3) is 17.9 Å². The fraction of sp³-hybridized carbons (Fsp3) is 0.360. The number of hydrogen-bond donors (Lipinski definition) is 2. The van der Waals surface area contributed by atoms with Crippen LogP contribution in [0.1, 0.15) is 58.1 Å². The third-order valence-corrected chi connectivity index (χ3v) is 6.51. The number of aromatic nitrogens is 3. The highest BCUT2D eigenvalue weighted by atomic mass is 16.3. The van der Waals surface area contributed by atoms with E-state index in [0.29, 0.717) is 13.1 Å². The minimum atomic E-state index is -0.250. The first-order valence-electron chi connectivity index (χ1n) is 11.2. The number of hydrogen-bond acceptors (Lipinski definition) is 4. The molecule has 0 spiro atoms. The lowest BCUT2D eigenvalue weighted by molar-refractivity contribution is -0.122. The van der Waals surface area contributed by atoms with Gasteiger partial charge in [-0.25, -0.2) is 4.98 Å². The van der Waals surface area contributed by atoms with Gasteiger partial charge in [0.2, 0.25) is 0 Å². The van der Waals surface area contributed by atoms with Crippen LogP contribution in [0.4, 0.5) is 0 Å². The van der Waals surface area contributed by atoms with E-state index in [0.717, 1.165) is 49.2 Å². The van der Waals surface area contributed by atoms with Crippen molar-refractivity contribution in [2.45, 2.75) is 44.9 Å². The molecular formula is C25H28N4O4. The van der Waals surface area contributed by atoms with Gasteiger partial charge in [0.05, 0.1) is 5.69 Å². The van der Waals surface area contributed by atoms with Crippen LogP contribution in [-0.4, -0.2) is 50.0 Å². The molecule has 0 bridgehead atoms. The molecule has 2 N–H and O–H groups in total. The van der Waals surface area contributed by atoms with Crippen LogP contribution in [0, 0.1) is 6.92 Å². The number of carbonyl (C=O) groups excluding carboxylic acids is 1. The predicted octanol–water partition coefficient (Wildman–Crippen LogP) is 3.08.